The Kier molecular flexibility index (Phi) is 3.76. The molecule has 0 saturated heterocycles. The summed E-state index contributed by atoms with van der Waals surface area (Å²) in [4.78, 5) is 9.78. The minimum Gasteiger partial charge on any atom is -0.382 e. The van der Waals surface area contributed by atoms with Gasteiger partial charge in [0.1, 0.15) is 0 Å². The number of nitro benzene ring substituents is 1. The molecule has 18 heavy (non-hydrogen) atoms. The Bertz CT molecular complexity index is 453. The molecule has 0 aromatic heterocycles. The van der Waals surface area contributed by atoms with E-state index in [9.17, 15) is 14.5 Å². The van der Waals surface area contributed by atoms with E-state index in [0.29, 0.717) is 18.2 Å². The Morgan fingerprint density at radius 2 is 2.28 bits per heavy atom. The lowest BCUT2D eigenvalue weighted by Gasteiger charge is -2.20. The number of halogens is 1. The zero-order valence-corrected chi connectivity index (χ0v) is 9.93. The number of hydrogen-bond donors (Lipinski definition) is 2. The largest absolute Gasteiger partial charge is 0.382 e. The Balaban J connectivity index is 2.10. The van der Waals surface area contributed by atoms with Crippen molar-refractivity contribution in [2.24, 2.45) is 11.7 Å². The molecule has 1 aliphatic rings. The maximum absolute atomic E-state index is 13.4. The third-order valence-corrected chi connectivity index (χ3v) is 3.46. The van der Waals surface area contributed by atoms with Crippen molar-refractivity contribution < 1.29 is 9.31 Å². The fraction of sp³-hybridized carbons (Fsp3) is 0.500. The summed E-state index contributed by atoms with van der Waals surface area (Å²) in [5.41, 5.74) is 5.74. The van der Waals surface area contributed by atoms with Crippen LogP contribution in [0.2, 0.25) is 0 Å². The van der Waals surface area contributed by atoms with Crippen LogP contribution in [0.15, 0.2) is 18.2 Å². The van der Waals surface area contributed by atoms with Gasteiger partial charge in [-0.2, -0.15) is 4.39 Å². The van der Waals surface area contributed by atoms with E-state index in [1.165, 1.54) is 18.2 Å². The van der Waals surface area contributed by atoms with Crippen molar-refractivity contribution in [3.63, 3.8) is 0 Å². The summed E-state index contributed by atoms with van der Waals surface area (Å²) in [6, 6.07) is 4.12. The number of hydrogen-bond acceptors (Lipinski definition) is 4. The molecule has 1 saturated carbocycles. The van der Waals surface area contributed by atoms with E-state index in [0.717, 1.165) is 19.3 Å². The Labute approximate surface area is 104 Å². The first-order valence-electron chi connectivity index (χ1n) is 6.02. The van der Waals surface area contributed by atoms with Gasteiger partial charge in [-0.1, -0.05) is 6.42 Å². The first kappa shape index (κ1) is 12.8. The Morgan fingerprint density at radius 1 is 1.50 bits per heavy atom. The van der Waals surface area contributed by atoms with Gasteiger partial charge in [0.05, 0.1) is 4.92 Å². The third kappa shape index (κ3) is 2.59. The van der Waals surface area contributed by atoms with Crippen LogP contribution in [0.3, 0.4) is 0 Å². The second-order valence-electron chi connectivity index (χ2n) is 4.60. The highest BCUT2D eigenvalue weighted by Crippen LogP contribution is 2.29. The van der Waals surface area contributed by atoms with Crippen molar-refractivity contribution >= 4 is 11.4 Å². The number of nitrogens with zero attached hydrogens (tertiary/aromatic N) is 1. The highest BCUT2D eigenvalue weighted by Gasteiger charge is 2.26. The number of anilines is 1. The predicted molar refractivity (Wildman–Crippen MR) is 66.9 cm³/mol. The summed E-state index contributed by atoms with van der Waals surface area (Å²) in [6.07, 6.45) is 3.18. The average Bonchev–Trinajstić information content (AvgIpc) is 2.76. The minimum absolute atomic E-state index is 0.232. The first-order valence-corrected chi connectivity index (χ1v) is 6.02. The molecule has 1 aromatic rings. The van der Waals surface area contributed by atoms with E-state index < -0.39 is 16.4 Å². The van der Waals surface area contributed by atoms with Crippen LogP contribution in [-0.2, 0) is 0 Å². The van der Waals surface area contributed by atoms with E-state index in [-0.39, 0.29) is 6.04 Å². The molecule has 0 bridgehead atoms. The van der Waals surface area contributed by atoms with Crippen LogP contribution < -0.4 is 11.1 Å². The molecule has 0 amide bonds. The lowest BCUT2D eigenvalue weighted by Crippen LogP contribution is -2.29. The quantitative estimate of drug-likeness (QED) is 0.637. The summed E-state index contributed by atoms with van der Waals surface area (Å²) in [5, 5.41) is 13.7. The second kappa shape index (κ2) is 5.30. The van der Waals surface area contributed by atoms with Crippen molar-refractivity contribution in [3.8, 4) is 0 Å². The van der Waals surface area contributed by atoms with Crippen molar-refractivity contribution in [3.05, 3.63) is 34.1 Å². The molecule has 2 unspecified atom stereocenters. The summed E-state index contributed by atoms with van der Waals surface area (Å²) in [5.74, 6) is -0.421. The molecular weight excluding hydrogens is 237 g/mol. The van der Waals surface area contributed by atoms with Gasteiger partial charge in [-0.15, -0.1) is 0 Å². The summed E-state index contributed by atoms with van der Waals surface area (Å²) in [6.45, 7) is 0.604. The molecular formula is C12H16FN3O2. The molecule has 0 aliphatic heterocycles. The van der Waals surface area contributed by atoms with Gasteiger partial charge in [0.25, 0.3) is 0 Å². The molecule has 1 fully saturated rings. The number of nitrogens with one attached hydrogen (secondary N) is 1. The molecule has 2 rings (SSSR count). The number of benzene rings is 1. The second-order valence-corrected chi connectivity index (χ2v) is 4.60. The van der Waals surface area contributed by atoms with Crippen molar-refractivity contribution in [1.29, 1.82) is 0 Å². The SMILES string of the molecule is NCC1CCCC1Nc1ccc([N+](=O)[O-])c(F)c1. The minimum atomic E-state index is -0.813. The van der Waals surface area contributed by atoms with E-state index in [1.54, 1.807) is 0 Å². The molecule has 98 valence electrons. The zero-order chi connectivity index (χ0) is 13.1. The van der Waals surface area contributed by atoms with Crippen LogP contribution in [0.25, 0.3) is 0 Å². The lowest BCUT2D eigenvalue weighted by molar-refractivity contribution is -0.387. The molecule has 3 N–H and O–H groups in total. The monoisotopic (exact) mass is 253 g/mol. The van der Waals surface area contributed by atoms with Gasteiger partial charge in [0.15, 0.2) is 0 Å². The fourth-order valence-corrected chi connectivity index (χ4v) is 2.47. The molecule has 6 heteroatoms. The van der Waals surface area contributed by atoms with Crippen LogP contribution in [0.1, 0.15) is 19.3 Å². The van der Waals surface area contributed by atoms with Crippen molar-refractivity contribution in [1.82, 2.24) is 0 Å². The lowest BCUT2D eigenvalue weighted by atomic mass is 10.0. The van der Waals surface area contributed by atoms with Crippen LogP contribution >= 0.6 is 0 Å². The summed E-state index contributed by atoms with van der Waals surface area (Å²) < 4.78 is 13.4. The predicted octanol–water partition coefficient (Wildman–Crippen LogP) is 2.27. The van der Waals surface area contributed by atoms with Crippen LogP contribution in [0.5, 0.6) is 0 Å². The molecule has 2 atom stereocenters. The third-order valence-electron chi connectivity index (χ3n) is 3.46. The Hall–Kier alpha value is -1.69. The molecule has 0 radical (unpaired) electrons. The molecule has 5 nitrogen and oxygen atoms in total. The van der Waals surface area contributed by atoms with Gasteiger partial charge in [-0.05, 0) is 31.4 Å². The van der Waals surface area contributed by atoms with Crippen LogP contribution in [0.4, 0.5) is 15.8 Å². The van der Waals surface area contributed by atoms with E-state index in [1.807, 2.05) is 0 Å². The van der Waals surface area contributed by atoms with Crippen molar-refractivity contribution in [2.45, 2.75) is 25.3 Å². The van der Waals surface area contributed by atoms with E-state index in [2.05, 4.69) is 5.32 Å². The van der Waals surface area contributed by atoms with Gasteiger partial charge in [0, 0.05) is 23.9 Å². The van der Waals surface area contributed by atoms with E-state index >= 15 is 0 Å². The maximum atomic E-state index is 13.4. The topological polar surface area (TPSA) is 81.2 Å². The number of nitro groups is 1. The Morgan fingerprint density at radius 3 is 2.89 bits per heavy atom. The van der Waals surface area contributed by atoms with Gasteiger partial charge in [0.2, 0.25) is 5.82 Å². The van der Waals surface area contributed by atoms with Crippen molar-refractivity contribution in [2.75, 3.05) is 11.9 Å². The van der Waals surface area contributed by atoms with Gasteiger partial charge < -0.3 is 11.1 Å². The normalized spacial score (nSPS) is 23.0. The standard InChI is InChI=1S/C12H16FN3O2/c13-10-6-9(4-5-12(10)16(17)18)15-11-3-1-2-8(11)7-14/h4-6,8,11,15H,1-3,7,14H2. The van der Waals surface area contributed by atoms with E-state index in [4.69, 9.17) is 5.73 Å². The van der Waals surface area contributed by atoms with Crippen LogP contribution in [-0.4, -0.2) is 17.5 Å². The highest BCUT2D eigenvalue weighted by molar-refractivity contribution is 5.50. The smallest absolute Gasteiger partial charge is 0.304 e. The molecule has 1 aromatic carbocycles. The zero-order valence-electron chi connectivity index (χ0n) is 9.93. The number of rotatable bonds is 4. The summed E-state index contributed by atoms with van der Waals surface area (Å²) >= 11 is 0. The van der Waals surface area contributed by atoms with Gasteiger partial charge in [-0.25, -0.2) is 0 Å². The maximum Gasteiger partial charge on any atom is 0.304 e. The van der Waals surface area contributed by atoms with Gasteiger partial charge in [-0.3, -0.25) is 10.1 Å². The number of nitrogens with two attached hydrogens (primary N) is 1. The first-order chi connectivity index (χ1) is 8.61. The molecule has 0 spiro atoms. The van der Waals surface area contributed by atoms with Crippen LogP contribution in [0, 0.1) is 21.8 Å². The molecule has 0 heterocycles. The fourth-order valence-electron chi connectivity index (χ4n) is 2.47. The van der Waals surface area contributed by atoms with Gasteiger partial charge >= 0.3 is 5.69 Å². The molecule has 1 aliphatic carbocycles. The summed E-state index contributed by atoms with van der Waals surface area (Å²) in [7, 11) is 0. The average molecular weight is 253 g/mol. The highest BCUT2D eigenvalue weighted by atomic mass is 19.1.